The lowest BCUT2D eigenvalue weighted by Gasteiger charge is -2.33. The molecule has 0 saturated carbocycles. The fourth-order valence-electron chi connectivity index (χ4n) is 4.58. The predicted octanol–water partition coefficient (Wildman–Crippen LogP) is 1.56. The Morgan fingerprint density at radius 3 is 2.31 bits per heavy atom. The fraction of sp³-hybridized carbons (Fsp3) is 0.346. The molecule has 36 heavy (non-hydrogen) atoms. The second kappa shape index (κ2) is 10.7. The van der Waals surface area contributed by atoms with E-state index in [1.165, 1.54) is 31.4 Å². The molecule has 2 aliphatic heterocycles. The zero-order valence-electron chi connectivity index (χ0n) is 19.8. The highest BCUT2D eigenvalue weighted by Gasteiger charge is 2.43. The Labute approximate surface area is 207 Å². The summed E-state index contributed by atoms with van der Waals surface area (Å²) in [5, 5.41) is 0. The monoisotopic (exact) mass is 493 g/mol. The molecule has 4 rings (SSSR count). The summed E-state index contributed by atoms with van der Waals surface area (Å²) in [6.07, 6.45) is 1.17. The first kappa shape index (κ1) is 25.1. The van der Waals surface area contributed by atoms with Gasteiger partial charge >= 0.3 is 5.97 Å². The van der Waals surface area contributed by atoms with Crippen LogP contribution in [0.4, 0.5) is 5.69 Å². The first-order valence-corrected chi connectivity index (χ1v) is 11.6. The zero-order valence-corrected chi connectivity index (χ0v) is 19.8. The minimum Gasteiger partial charge on any atom is -0.496 e. The number of imide groups is 1. The first-order valence-electron chi connectivity index (χ1n) is 11.6. The van der Waals surface area contributed by atoms with Crippen LogP contribution in [0.2, 0.25) is 0 Å². The highest BCUT2D eigenvalue weighted by atomic mass is 16.5. The Balaban J connectivity index is 1.36. The van der Waals surface area contributed by atoms with Gasteiger partial charge in [-0.1, -0.05) is 12.1 Å². The summed E-state index contributed by atoms with van der Waals surface area (Å²) in [7, 11) is 1.45. The Kier molecular flexibility index (Phi) is 7.44. The summed E-state index contributed by atoms with van der Waals surface area (Å²) in [4.78, 5) is 65.0. The van der Waals surface area contributed by atoms with Gasteiger partial charge in [-0.2, -0.15) is 0 Å². The van der Waals surface area contributed by atoms with Gasteiger partial charge in [-0.25, -0.2) is 9.69 Å². The molecule has 2 heterocycles. The molecule has 0 radical (unpaired) electrons. The summed E-state index contributed by atoms with van der Waals surface area (Å²) < 4.78 is 10.3. The molecule has 2 aromatic carbocycles. The number of Topliss-reactive ketones (excluding diaryl/α,β-unsaturated/α-hetero) is 1. The van der Waals surface area contributed by atoms with E-state index in [0.29, 0.717) is 42.9 Å². The molecular formula is C26H27N3O7. The van der Waals surface area contributed by atoms with Crippen LogP contribution in [0.15, 0.2) is 48.5 Å². The molecule has 2 aliphatic rings. The number of rotatable bonds is 8. The summed E-state index contributed by atoms with van der Waals surface area (Å²) in [6.45, 7) is 0.575. The Morgan fingerprint density at radius 2 is 1.67 bits per heavy atom. The number of nitrogens with zero attached hydrogens (tertiary/aromatic N) is 2. The van der Waals surface area contributed by atoms with Crippen LogP contribution in [-0.4, -0.2) is 67.2 Å². The highest BCUT2D eigenvalue weighted by Crippen LogP contribution is 2.29. The van der Waals surface area contributed by atoms with Crippen molar-refractivity contribution in [1.82, 2.24) is 4.90 Å². The normalized spacial score (nSPS) is 18.8. The van der Waals surface area contributed by atoms with E-state index >= 15 is 0 Å². The second-order valence-electron chi connectivity index (χ2n) is 8.75. The van der Waals surface area contributed by atoms with Gasteiger partial charge in [-0.05, 0) is 62.3 Å². The number of amides is 3. The molecule has 0 spiro atoms. The number of hydrogen-bond acceptors (Lipinski definition) is 8. The standard InChI is InChI=1S/C26H27N3O7/c1-35-22-5-3-2-4-19(22)21(30)15-36-26(34)17-6-8-18(9-7-17)29-23(31)14-20(25(29)33)28-12-10-16(11-13-28)24(27)32/h2-9,16,20H,10-15H2,1H3,(H2,27,32). The predicted molar refractivity (Wildman–Crippen MR) is 128 cm³/mol. The van der Waals surface area contributed by atoms with E-state index in [4.69, 9.17) is 15.2 Å². The van der Waals surface area contributed by atoms with Crippen molar-refractivity contribution in [3.05, 3.63) is 59.7 Å². The van der Waals surface area contributed by atoms with Crippen molar-refractivity contribution in [2.75, 3.05) is 31.7 Å². The van der Waals surface area contributed by atoms with Gasteiger partial charge in [0.05, 0.1) is 36.4 Å². The van der Waals surface area contributed by atoms with Crippen molar-refractivity contribution in [3.8, 4) is 5.75 Å². The molecule has 0 aliphatic carbocycles. The van der Waals surface area contributed by atoms with Gasteiger partial charge in [0.1, 0.15) is 5.75 Å². The third-order valence-electron chi connectivity index (χ3n) is 6.60. The van der Waals surface area contributed by atoms with Crippen LogP contribution >= 0.6 is 0 Å². The van der Waals surface area contributed by atoms with Gasteiger partial charge in [-0.15, -0.1) is 0 Å². The van der Waals surface area contributed by atoms with Crippen LogP contribution in [0.1, 0.15) is 40.0 Å². The number of methoxy groups -OCH3 is 1. The number of anilines is 1. The fourth-order valence-corrected chi connectivity index (χ4v) is 4.58. The topological polar surface area (TPSA) is 136 Å². The number of ketones is 1. The van der Waals surface area contributed by atoms with Gasteiger partial charge in [0, 0.05) is 5.92 Å². The SMILES string of the molecule is COc1ccccc1C(=O)COC(=O)c1ccc(N2C(=O)CC(N3CCC(C(N)=O)CC3)C2=O)cc1. The molecule has 2 N–H and O–H groups in total. The zero-order chi connectivity index (χ0) is 25.8. The maximum absolute atomic E-state index is 13.0. The van der Waals surface area contributed by atoms with Crippen LogP contribution in [0.5, 0.6) is 5.75 Å². The summed E-state index contributed by atoms with van der Waals surface area (Å²) in [5.41, 5.74) is 6.21. The third-order valence-corrected chi connectivity index (χ3v) is 6.60. The molecule has 10 nitrogen and oxygen atoms in total. The maximum atomic E-state index is 13.0. The van der Waals surface area contributed by atoms with Gasteiger partial charge in [-0.3, -0.25) is 24.1 Å². The van der Waals surface area contributed by atoms with E-state index in [-0.39, 0.29) is 35.6 Å². The second-order valence-corrected chi connectivity index (χ2v) is 8.75. The molecule has 0 bridgehead atoms. The van der Waals surface area contributed by atoms with Crippen molar-refractivity contribution < 1.29 is 33.4 Å². The lowest BCUT2D eigenvalue weighted by molar-refractivity contribution is -0.124. The smallest absolute Gasteiger partial charge is 0.338 e. The molecule has 1 unspecified atom stereocenters. The number of esters is 1. The van der Waals surface area contributed by atoms with Crippen molar-refractivity contribution in [2.24, 2.45) is 11.7 Å². The van der Waals surface area contributed by atoms with Crippen LogP contribution in [-0.2, 0) is 19.1 Å². The Bertz CT molecular complexity index is 1190. The first-order chi connectivity index (χ1) is 17.3. The largest absolute Gasteiger partial charge is 0.496 e. The number of hydrogen-bond donors (Lipinski definition) is 1. The van der Waals surface area contributed by atoms with E-state index in [9.17, 15) is 24.0 Å². The number of para-hydroxylation sites is 1. The summed E-state index contributed by atoms with van der Waals surface area (Å²) >= 11 is 0. The summed E-state index contributed by atoms with van der Waals surface area (Å²) in [5.74, 6) is -1.95. The van der Waals surface area contributed by atoms with E-state index < -0.39 is 24.4 Å². The minimum atomic E-state index is -0.709. The number of carbonyl (C=O) groups excluding carboxylic acids is 5. The Morgan fingerprint density at radius 1 is 1.00 bits per heavy atom. The lowest BCUT2D eigenvalue weighted by atomic mass is 9.95. The number of primary amides is 1. The van der Waals surface area contributed by atoms with Crippen molar-refractivity contribution in [1.29, 1.82) is 0 Å². The molecule has 10 heteroatoms. The van der Waals surface area contributed by atoms with Crippen LogP contribution in [0, 0.1) is 5.92 Å². The number of benzene rings is 2. The molecular weight excluding hydrogens is 466 g/mol. The van der Waals surface area contributed by atoms with Gasteiger partial charge in [0.15, 0.2) is 6.61 Å². The van der Waals surface area contributed by atoms with Crippen molar-refractivity contribution in [3.63, 3.8) is 0 Å². The molecule has 2 fully saturated rings. The van der Waals surface area contributed by atoms with Gasteiger partial charge < -0.3 is 15.2 Å². The number of likely N-dealkylation sites (tertiary alicyclic amines) is 1. The van der Waals surface area contributed by atoms with E-state index in [2.05, 4.69) is 0 Å². The molecule has 0 aromatic heterocycles. The van der Waals surface area contributed by atoms with E-state index in [0.717, 1.165) is 4.90 Å². The number of ether oxygens (including phenoxy) is 2. The number of nitrogens with two attached hydrogens (primary N) is 1. The van der Waals surface area contributed by atoms with E-state index in [1.54, 1.807) is 24.3 Å². The van der Waals surface area contributed by atoms with Crippen molar-refractivity contribution >= 4 is 35.2 Å². The Hall–Kier alpha value is -4.05. The van der Waals surface area contributed by atoms with Crippen LogP contribution in [0.3, 0.4) is 0 Å². The number of carbonyl (C=O) groups is 5. The molecule has 3 amide bonds. The van der Waals surface area contributed by atoms with E-state index in [1.807, 2.05) is 4.90 Å². The molecule has 2 saturated heterocycles. The van der Waals surface area contributed by atoms with Crippen LogP contribution in [0.25, 0.3) is 0 Å². The molecule has 2 aromatic rings. The minimum absolute atomic E-state index is 0.0505. The average Bonchev–Trinajstić information content (AvgIpc) is 3.20. The quantitative estimate of drug-likeness (QED) is 0.332. The van der Waals surface area contributed by atoms with Crippen molar-refractivity contribution in [2.45, 2.75) is 25.3 Å². The summed E-state index contributed by atoms with van der Waals surface area (Å²) in [6, 6.07) is 11.9. The molecule has 1 atom stereocenters. The highest BCUT2D eigenvalue weighted by molar-refractivity contribution is 6.22. The molecule has 188 valence electrons. The van der Waals surface area contributed by atoms with Crippen LogP contribution < -0.4 is 15.4 Å². The van der Waals surface area contributed by atoms with Gasteiger partial charge in [0.25, 0.3) is 5.91 Å². The lowest BCUT2D eigenvalue weighted by Crippen LogP contribution is -2.47. The average molecular weight is 494 g/mol. The number of piperidine rings is 1. The maximum Gasteiger partial charge on any atom is 0.338 e. The third kappa shape index (κ3) is 5.13. The van der Waals surface area contributed by atoms with Gasteiger partial charge in [0.2, 0.25) is 17.6 Å².